The molecule has 0 radical (unpaired) electrons. The van der Waals surface area contributed by atoms with Gasteiger partial charge >= 0.3 is 0 Å². The SMILES string of the molecule is CCC(=O)CCCCCN(C)C(=O)C(C)C. The second-order valence-electron chi connectivity index (χ2n) is 4.62. The summed E-state index contributed by atoms with van der Waals surface area (Å²) in [5.74, 6) is 0.614. The molecule has 0 fully saturated rings. The Kier molecular flexibility index (Phi) is 7.86. The molecule has 0 aliphatic heterocycles. The average Bonchev–Trinajstić information content (AvgIpc) is 2.26. The van der Waals surface area contributed by atoms with E-state index in [9.17, 15) is 9.59 Å². The third-order valence-electron chi connectivity index (χ3n) is 2.71. The molecule has 3 nitrogen and oxygen atoms in total. The van der Waals surface area contributed by atoms with Crippen LogP contribution >= 0.6 is 0 Å². The molecule has 0 N–H and O–H groups in total. The van der Waals surface area contributed by atoms with Crippen molar-refractivity contribution in [2.45, 2.75) is 52.9 Å². The van der Waals surface area contributed by atoms with E-state index in [4.69, 9.17) is 0 Å². The lowest BCUT2D eigenvalue weighted by Gasteiger charge is -2.19. The van der Waals surface area contributed by atoms with Crippen molar-refractivity contribution in [3.63, 3.8) is 0 Å². The largest absolute Gasteiger partial charge is 0.346 e. The van der Waals surface area contributed by atoms with Crippen molar-refractivity contribution in [2.24, 2.45) is 5.92 Å². The molecule has 0 bridgehead atoms. The van der Waals surface area contributed by atoms with Gasteiger partial charge in [-0.3, -0.25) is 9.59 Å². The summed E-state index contributed by atoms with van der Waals surface area (Å²) in [6.07, 6.45) is 4.31. The highest BCUT2D eigenvalue weighted by atomic mass is 16.2. The van der Waals surface area contributed by atoms with Gasteiger partial charge in [0.2, 0.25) is 5.91 Å². The molecule has 0 saturated carbocycles. The monoisotopic (exact) mass is 227 g/mol. The Bertz CT molecular complexity index is 224. The van der Waals surface area contributed by atoms with Gasteiger partial charge in [0.05, 0.1) is 0 Å². The van der Waals surface area contributed by atoms with E-state index < -0.39 is 0 Å². The predicted molar refractivity (Wildman–Crippen MR) is 66.2 cm³/mol. The molecule has 0 aliphatic rings. The van der Waals surface area contributed by atoms with Crippen molar-refractivity contribution in [3.8, 4) is 0 Å². The molecule has 0 saturated heterocycles. The molecule has 3 heteroatoms. The third-order valence-corrected chi connectivity index (χ3v) is 2.71. The van der Waals surface area contributed by atoms with Gasteiger partial charge in [-0.25, -0.2) is 0 Å². The number of Topliss-reactive ketones (excluding diaryl/α,β-unsaturated/α-hetero) is 1. The maximum absolute atomic E-state index is 11.5. The highest BCUT2D eigenvalue weighted by Gasteiger charge is 2.11. The van der Waals surface area contributed by atoms with E-state index in [2.05, 4.69) is 0 Å². The summed E-state index contributed by atoms with van der Waals surface area (Å²) in [4.78, 5) is 24.4. The minimum atomic E-state index is 0.0756. The summed E-state index contributed by atoms with van der Waals surface area (Å²) in [5.41, 5.74) is 0. The standard InChI is InChI=1S/C13H25NO2/c1-5-12(15)9-7-6-8-10-14(4)13(16)11(2)3/h11H,5-10H2,1-4H3. The van der Waals surface area contributed by atoms with Crippen LogP contribution in [-0.2, 0) is 9.59 Å². The molecule has 16 heavy (non-hydrogen) atoms. The highest BCUT2D eigenvalue weighted by molar-refractivity contribution is 5.78. The maximum Gasteiger partial charge on any atom is 0.224 e. The zero-order valence-corrected chi connectivity index (χ0v) is 11.1. The Balaban J connectivity index is 3.52. The number of carbonyl (C=O) groups excluding carboxylic acids is 2. The number of nitrogens with zero attached hydrogens (tertiary/aromatic N) is 1. The summed E-state index contributed by atoms with van der Waals surface area (Å²) >= 11 is 0. The summed E-state index contributed by atoms with van der Waals surface area (Å²) in [7, 11) is 1.85. The van der Waals surface area contributed by atoms with Crippen LogP contribution < -0.4 is 0 Å². The van der Waals surface area contributed by atoms with E-state index in [1.54, 1.807) is 4.90 Å². The van der Waals surface area contributed by atoms with Gasteiger partial charge in [-0.15, -0.1) is 0 Å². The Morgan fingerprint density at radius 1 is 1.12 bits per heavy atom. The van der Waals surface area contributed by atoms with E-state index in [-0.39, 0.29) is 11.8 Å². The van der Waals surface area contributed by atoms with Crippen molar-refractivity contribution in [1.29, 1.82) is 0 Å². The van der Waals surface area contributed by atoms with Gasteiger partial charge in [0.25, 0.3) is 0 Å². The van der Waals surface area contributed by atoms with E-state index in [0.717, 1.165) is 25.8 Å². The number of hydrogen-bond donors (Lipinski definition) is 0. The van der Waals surface area contributed by atoms with E-state index in [1.165, 1.54) is 0 Å². The fourth-order valence-electron chi connectivity index (χ4n) is 1.58. The number of hydrogen-bond acceptors (Lipinski definition) is 2. The fourth-order valence-corrected chi connectivity index (χ4v) is 1.58. The minimum absolute atomic E-state index is 0.0756. The highest BCUT2D eigenvalue weighted by Crippen LogP contribution is 2.05. The molecule has 0 rings (SSSR count). The van der Waals surface area contributed by atoms with E-state index >= 15 is 0 Å². The van der Waals surface area contributed by atoms with Crippen LogP contribution in [0.2, 0.25) is 0 Å². The summed E-state index contributed by atoms with van der Waals surface area (Å²) < 4.78 is 0. The number of ketones is 1. The minimum Gasteiger partial charge on any atom is -0.346 e. The van der Waals surface area contributed by atoms with Crippen LogP contribution in [0.25, 0.3) is 0 Å². The van der Waals surface area contributed by atoms with Crippen molar-refractivity contribution < 1.29 is 9.59 Å². The summed E-state index contributed by atoms with van der Waals surface area (Å²) in [6.45, 7) is 6.53. The van der Waals surface area contributed by atoms with Gasteiger partial charge in [-0.05, 0) is 12.8 Å². The molecule has 0 aliphatic carbocycles. The molecule has 0 spiro atoms. The van der Waals surface area contributed by atoms with Crippen LogP contribution in [0.1, 0.15) is 52.9 Å². The number of rotatable bonds is 8. The Morgan fingerprint density at radius 3 is 2.25 bits per heavy atom. The van der Waals surface area contributed by atoms with Gasteiger partial charge in [0.15, 0.2) is 0 Å². The van der Waals surface area contributed by atoms with Crippen molar-refractivity contribution >= 4 is 11.7 Å². The first-order valence-electron chi connectivity index (χ1n) is 6.25. The molecule has 94 valence electrons. The first-order chi connectivity index (χ1) is 7.49. The smallest absolute Gasteiger partial charge is 0.224 e. The predicted octanol–water partition coefficient (Wildman–Crippen LogP) is 2.64. The van der Waals surface area contributed by atoms with Gasteiger partial charge < -0.3 is 4.90 Å². The Morgan fingerprint density at radius 2 is 1.75 bits per heavy atom. The molecule has 1 amide bonds. The fraction of sp³-hybridized carbons (Fsp3) is 0.846. The first kappa shape index (κ1) is 15.1. The second kappa shape index (κ2) is 8.31. The van der Waals surface area contributed by atoms with Crippen LogP contribution in [0, 0.1) is 5.92 Å². The Labute approximate surface area is 99.2 Å². The van der Waals surface area contributed by atoms with Crippen LogP contribution in [0.4, 0.5) is 0 Å². The summed E-state index contributed by atoms with van der Waals surface area (Å²) in [5, 5.41) is 0. The molecule has 0 aromatic rings. The average molecular weight is 227 g/mol. The lowest BCUT2D eigenvalue weighted by Crippen LogP contribution is -2.31. The number of unbranched alkanes of at least 4 members (excludes halogenated alkanes) is 2. The molecule has 0 atom stereocenters. The van der Waals surface area contributed by atoms with Gasteiger partial charge in [0, 0.05) is 32.4 Å². The lowest BCUT2D eigenvalue weighted by atomic mass is 10.1. The van der Waals surface area contributed by atoms with E-state index in [0.29, 0.717) is 18.6 Å². The van der Waals surface area contributed by atoms with Crippen molar-refractivity contribution in [1.82, 2.24) is 4.90 Å². The molecule has 0 aromatic heterocycles. The van der Waals surface area contributed by atoms with Gasteiger partial charge in [0.1, 0.15) is 5.78 Å². The Hall–Kier alpha value is -0.860. The van der Waals surface area contributed by atoms with Crippen LogP contribution in [0.15, 0.2) is 0 Å². The van der Waals surface area contributed by atoms with Gasteiger partial charge in [-0.2, -0.15) is 0 Å². The van der Waals surface area contributed by atoms with Gasteiger partial charge in [-0.1, -0.05) is 27.2 Å². The topological polar surface area (TPSA) is 37.4 Å². The van der Waals surface area contributed by atoms with E-state index in [1.807, 2.05) is 27.8 Å². The van der Waals surface area contributed by atoms with Crippen molar-refractivity contribution in [3.05, 3.63) is 0 Å². The number of carbonyl (C=O) groups is 2. The molecular formula is C13H25NO2. The third kappa shape index (κ3) is 6.59. The lowest BCUT2D eigenvalue weighted by molar-refractivity contribution is -0.133. The molecule has 0 heterocycles. The van der Waals surface area contributed by atoms with Crippen LogP contribution in [0.3, 0.4) is 0 Å². The number of amides is 1. The first-order valence-corrected chi connectivity index (χ1v) is 6.25. The molecular weight excluding hydrogens is 202 g/mol. The van der Waals surface area contributed by atoms with Crippen molar-refractivity contribution in [2.75, 3.05) is 13.6 Å². The zero-order valence-electron chi connectivity index (χ0n) is 11.1. The van der Waals surface area contributed by atoms with Crippen LogP contribution in [-0.4, -0.2) is 30.2 Å². The zero-order chi connectivity index (χ0) is 12.6. The maximum atomic E-state index is 11.5. The molecule has 0 unspecified atom stereocenters. The summed E-state index contributed by atoms with van der Waals surface area (Å²) in [6, 6.07) is 0. The van der Waals surface area contributed by atoms with Crippen LogP contribution in [0.5, 0.6) is 0 Å². The molecule has 0 aromatic carbocycles. The quantitative estimate of drug-likeness (QED) is 0.598. The normalized spacial score (nSPS) is 10.6. The second-order valence-corrected chi connectivity index (χ2v) is 4.62.